The zero-order valence-corrected chi connectivity index (χ0v) is 9.98. The molecule has 0 spiro atoms. The Morgan fingerprint density at radius 3 is 2.53 bits per heavy atom. The molecule has 0 amide bonds. The largest absolute Gasteiger partial charge is 0.505 e. The molecule has 1 fully saturated rings. The van der Waals surface area contributed by atoms with Gasteiger partial charge in [0.15, 0.2) is 17.4 Å². The number of phenols is 1. The standard InChI is InChI=1S/C14H12F2N2O/c15-10-3-8(4-13(19)14(10)16)12-2-1-7(6-18-12)9-5-11(9)17/h1-4,6,9,11,19H,5,17H2/t9-,11+/m0/s1. The summed E-state index contributed by atoms with van der Waals surface area (Å²) in [5, 5.41) is 9.27. The first kappa shape index (κ1) is 12.0. The van der Waals surface area contributed by atoms with Crippen molar-refractivity contribution in [3.05, 3.63) is 47.7 Å². The summed E-state index contributed by atoms with van der Waals surface area (Å²) in [6.45, 7) is 0. The Kier molecular flexibility index (Phi) is 2.71. The number of phenolic OH excluding ortho intramolecular Hbond substituents is 1. The molecule has 3 N–H and O–H groups in total. The molecule has 1 aromatic heterocycles. The number of rotatable bonds is 2. The van der Waals surface area contributed by atoms with Crippen LogP contribution in [0.25, 0.3) is 11.3 Å². The van der Waals surface area contributed by atoms with Crippen LogP contribution in [0.1, 0.15) is 17.9 Å². The van der Waals surface area contributed by atoms with Crippen molar-refractivity contribution in [3.8, 4) is 17.0 Å². The van der Waals surface area contributed by atoms with Crippen molar-refractivity contribution in [1.82, 2.24) is 4.98 Å². The predicted molar refractivity (Wildman–Crippen MR) is 66.6 cm³/mol. The normalized spacial score (nSPS) is 21.4. The lowest BCUT2D eigenvalue weighted by Crippen LogP contribution is -2.01. The Labute approximate surface area is 108 Å². The molecule has 0 saturated heterocycles. The van der Waals surface area contributed by atoms with Crippen LogP contribution < -0.4 is 5.73 Å². The molecule has 1 aliphatic rings. The van der Waals surface area contributed by atoms with Gasteiger partial charge in [0, 0.05) is 23.7 Å². The van der Waals surface area contributed by atoms with E-state index in [9.17, 15) is 13.9 Å². The quantitative estimate of drug-likeness (QED) is 0.874. The number of halogens is 2. The van der Waals surface area contributed by atoms with Crippen molar-refractivity contribution in [2.45, 2.75) is 18.4 Å². The third-order valence-electron chi connectivity index (χ3n) is 3.36. The lowest BCUT2D eigenvalue weighted by Gasteiger charge is -2.05. The molecule has 1 saturated carbocycles. The van der Waals surface area contributed by atoms with Gasteiger partial charge in [-0.05, 0) is 30.2 Å². The first-order chi connectivity index (χ1) is 9.06. The first-order valence-electron chi connectivity index (χ1n) is 5.96. The second-order valence-electron chi connectivity index (χ2n) is 4.77. The van der Waals surface area contributed by atoms with Crippen molar-refractivity contribution in [1.29, 1.82) is 0 Å². The van der Waals surface area contributed by atoms with Crippen LogP contribution in [0.2, 0.25) is 0 Å². The highest BCUT2D eigenvalue weighted by atomic mass is 19.2. The third-order valence-corrected chi connectivity index (χ3v) is 3.36. The minimum absolute atomic E-state index is 0.194. The number of hydrogen-bond donors (Lipinski definition) is 2. The number of pyridine rings is 1. The lowest BCUT2D eigenvalue weighted by molar-refractivity contribution is 0.407. The SMILES string of the molecule is N[C@@H]1C[C@H]1c1ccc(-c2cc(O)c(F)c(F)c2)nc1. The van der Waals surface area contributed by atoms with Gasteiger partial charge in [-0.3, -0.25) is 4.98 Å². The summed E-state index contributed by atoms with van der Waals surface area (Å²) in [6, 6.07) is 5.95. The van der Waals surface area contributed by atoms with Crippen molar-refractivity contribution in [2.24, 2.45) is 5.73 Å². The first-order valence-corrected chi connectivity index (χ1v) is 5.96. The zero-order valence-electron chi connectivity index (χ0n) is 9.98. The Hall–Kier alpha value is -2.01. The van der Waals surface area contributed by atoms with Gasteiger partial charge < -0.3 is 10.8 Å². The van der Waals surface area contributed by atoms with E-state index in [2.05, 4.69) is 4.98 Å². The number of aromatic nitrogens is 1. The van der Waals surface area contributed by atoms with Crippen LogP contribution in [0.5, 0.6) is 5.75 Å². The molecule has 3 rings (SSSR count). The summed E-state index contributed by atoms with van der Waals surface area (Å²) in [5.41, 5.74) is 7.61. The van der Waals surface area contributed by atoms with E-state index in [1.54, 1.807) is 12.3 Å². The van der Waals surface area contributed by atoms with Crippen LogP contribution in [0.4, 0.5) is 8.78 Å². The maximum absolute atomic E-state index is 13.2. The minimum Gasteiger partial charge on any atom is -0.505 e. The summed E-state index contributed by atoms with van der Waals surface area (Å²) in [4.78, 5) is 4.20. The second kappa shape index (κ2) is 4.28. The molecule has 98 valence electrons. The highest BCUT2D eigenvalue weighted by molar-refractivity contribution is 5.61. The molecular formula is C14H12F2N2O. The van der Waals surface area contributed by atoms with Crippen molar-refractivity contribution >= 4 is 0 Å². The molecule has 0 unspecified atom stereocenters. The van der Waals surface area contributed by atoms with Crippen LogP contribution in [-0.2, 0) is 0 Å². The Bertz CT molecular complexity index is 605. The summed E-state index contributed by atoms with van der Waals surface area (Å²) in [5.74, 6) is -2.71. The summed E-state index contributed by atoms with van der Waals surface area (Å²) in [6.07, 6.45) is 2.64. The van der Waals surface area contributed by atoms with Gasteiger partial charge in [0.1, 0.15) is 0 Å². The molecular weight excluding hydrogens is 250 g/mol. The molecule has 0 aliphatic heterocycles. The minimum atomic E-state index is -1.25. The number of hydrogen-bond acceptors (Lipinski definition) is 3. The maximum atomic E-state index is 13.2. The lowest BCUT2D eigenvalue weighted by atomic mass is 10.1. The number of nitrogens with two attached hydrogens (primary N) is 1. The fourth-order valence-electron chi connectivity index (χ4n) is 2.12. The second-order valence-corrected chi connectivity index (χ2v) is 4.77. The molecule has 3 nitrogen and oxygen atoms in total. The topological polar surface area (TPSA) is 59.1 Å². The van der Waals surface area contributed by atoms with Crippen molar-refractivity contribution < 1.29 is 13.9 Å². The number of nitrogens with zero attached hydrogens (tertiary/aromatic N) is 1. The highest BCUT2D eigenvalue weighted by Gasteiger charge is 2.34. The van der Waals surface area contributed by atoms with Crippen LogP contribution in [-0.4, -0.2) is 16.1 Å². The molecule has 2 atom stereocenters. The van der Waals surface area contributed by atoms with Crippen LogP contribution in [0.15, 0.2) is 30.5 Å². The predicted octanol–water partition coefficient (Wildman–Crippen LogP) is 2.55. The van der Waals surface area contributed by atoms with Gasteiger partial charge in [-0.1, -0.05) is 6.07 Å². The molecule has 5 heteroatoms. The Balaban J connectivity index is 1.94. The van der Waals surface area contributed by atoms with E-state index in [0.29, 0.717) is 17.2 Å². The van der Waals surface area contributed by atoms with Crippen LogP contribution in [0.3, 0.4) is 0 Å². The Morgan fingerprint density at radius 1 is 1.26 bits per heavy atom. The third kappa shape index (κ3) is 2.17. The van der Waals surface area contributed by atoms with Crippen molar-refractivity contribution in [2.75, 3.05) is 0 Å². The van der Waals surface area contributed by atoms with Crippen LogP contribution in [0, 0.1) is 11.6 Å². The van der Waals surface area contributed by atoms with Crippen LogP contribution >= 0.6 is 0 Å². The number of benzene rings is 1. The van der Waals surface area contributed by atoms with Crippen molar-refractivity contribution in [3.63, 3.8) is 0 Å². The molecule has 1 heterocycles. The highest BCUT2D eigenvalue weighted by Crippen LogP contribution is 2.39. The maximum Gasteiger partial charge on any atom is 0.200 e. The molecule has 19 heavy (non-hydrogen) atoms. The van der Waals surface area contributed by atoms with Gasteiger partial charge in [0.2, 0.25) is 0 Å². The monoisotopic (exact) mass is 262 g/mol. The van der Waals surface area contributed by atoms with Gasteiger partial charge in [-0.25, -0.2) is 4.39 Å². The van der Waals surface area contributed by atoms with E-state index in [4.69, 9.17) is 5.73 Å². The van der Waals surface area contributed by atoms with Gasteiger partial charge in [-0.2, -0.15) is 4.39 Å². The van der Waals surface area contributed by atoms with Gasteiger partial charge >= 0.3 is 0 Å². The van der Waals surface area contributed by atoms with Gasteiger partial charge in [0.05, 0.1) is 5.69 Å². The van der Waals surface area contributed by atoms with E-state index < -0.39 is 17.4 Å². The molecule has 1 aromatic carbocycles. The average Bonchev–Trinajstić information content (AvgIpc) is 3.13. The number of aromatic hydroxyl groups is 1. The molecule has 1 aliphatic carbocycles. The smallest absolute Gasteiger partial charge is 0.200 e. The molecule has 2 aromatic rings. The zero-order chi connectivity index (χ0) is 13.6. The summed E-state index contributed by atoms with van der Waals surface area (Å²) < 4.78 is 26.2. The van der Waals surface area contributed by atoms with Gasteiger partial charge in [-0.15, -0.1) is 0 Å². The van der Waals surface area contributed by atoms with Gasteiger partial charge in [0.25, 0.3) is 0 Å². The van der Waals surface area contributed by atoms with E-state index in [1.165, 1.54) is 0 Å². The molecule has 0 bridgehead atoms. The fourth-order valence-corrected chi connectivity index (χ4v) is 2.12. The Morgan fingerprint density at radius 2 is 2.00 bits per heavy atom. The molecule has 0 radical (unpaired) electrons. The van der Waals surface area contributed by atoms with E-state index >= 15 is 0 Å². The van der Waals surface area contributed by atoms with E-state index in [-0.39, 0.29) is 6.04 Å². The van der Waals surface area contributed by atoms with E-state index in [0.717, 1.165) is 24.1 Å². The van der Waals surface area contributed by atoms with E-state index in [1.807, 2.05) is 6.07 Å². The summed E-state index contributed by atoms with van der Waals surface area (Å²) >= 11 is 0. The summed E-state index contributed by atoms with van der Waals surface area (Å²) in [7, 11) is 0. The average molecular weight is 262 g/mol. The fraction of sp³-hybridized carbons (Fsp3) is 0.214.